The van der Waals surface area contributed by atoms with Gasteiger partial charge in [0.15, 0.2) is 5.82 Å². The van der Waals surface area contributed by atoms with Crippen molar-refractivity contribution in [3.05, 3.63) is 46.0 Å². The summed E-state index contributed by atoms with van der Waals surface area (Å²) in [5, 5.41) is 3.84. The first-order chi connectivity index (χ1) is 6.74. The topological polar surface area (TPSA) is 38.9 Å². The number of hydrogen-bond donors (Lipinski definition) is 0. The van der Waals surface area contributed by atoms with Crippen molar-refractivity contribution in [2.75, 3.05) is 0 Å². The van der Waals surface area contributed by atoms with E-state index in [-0.39, 0.29) is 0 Å². The lowest BCUT2D eigenvalue weighted by Gasteiger charge is -1.96. The number of hydrogen-bond acceptors (Lipinski definition) is 3. The molecule has 4 heteroatoms. The summed E-state index contributed by atoms with van der Waals surface area (Å²) < 4.78 is 5.96. The minimum Gasteiger partial charge on any atom is -0.340 e. The number of aryl methyl sites for hydroxylation is 1. The zero-order valence-electron chi connectivity index (χ0n) is 7.70. The van der Waals surface area contributed by atoms with Crippen LogP contribution in [0.2, 0.25) is 0 Å². The van der Waals surface area contributed by atoms with Crippen molar-refractivity contribution in [3.8, 4) is 0 Å². The van der Waals surface area contributed by atoms with Gasteiger partial charge in [-0.15, -0.1) is 0 Å². The largest absolute Gasteiger partial charge is 0.340 e. The van der Waals surface area contributed by atoms with Gasteiger partial charge < -0.3 is 4.52 Å². The van der Waals surface area contributed by atoms with E-state index >= 15 is 0 Å². The number of rotatable bonds is 2. The van der Waals surface area contributed by atoms with Crippen LogP contribution >= 0.6 is 15.9 Å². The molecule has 0 N–H and O–H groups in total. The fourth-order valence-electron chi connectivity index (χ4n) is 1.20. The second-order valence-corrected chi connectivity index (χ2v) is 3.95. The normalized spacial score (nSPS) is 10.4. The molecule has 0 amide bonds. The Bertz CT molecular complexity index is 422. The Morgan fingerprint density at radius 2 is 2.00 bits per heavy atom. The Kier molecular flexibility index (Phi) is 2.63. The zero-order valence-corrected chi connectivity index (χ0v) is 9.28. The van der Waals surface area contributed by atoms with E-state index in [4.69, 9.17) is 4.52 Å². The maximum absolute atomic E-state index is 4.89. The van der Waals surface area contributed by atoms with Crippen LogP contribution in [0.25, 0.3) is 0 Å². The standard InChI is InChI=1S/C10H9BrN2O/c1-7-12-10(13-14-7)6-8-2-4-9(11)5-3-8/h2-5H,6H2,1H3. The summed E-state index contributed by atoms with van der Waals surface area (Å²) in [5.41, 5.74) is 1.18. The maximum atomic E-state index is 4.89. The second-order valence-electron chi connectivity index (χ2n) is 3.03. The third kappa shape index (κ3) is 2.20. The molecule has 0 aliphatic heterocycles. The molecule has 0 aliphatic rings. The van der Waals surface area contributed by atoms with Crippen LogP contribution in [-0.4, -0.2) is 10.1 Å². The number of halogens is 1. The Balaban J connectivity index is 2.15. The van der Waals surface area contributed by atoms with Crippen LogP contribution in [-0.2, 0) is 6.42 Å². The molecular weight excluding hydrogens is 244 g/mol. The monoisotopic (exact) mass is 252 g/mol. The van der Waals surface area contributed by atoms with Crippen LogP contribution < -0.4 is 0 Å². The highest BCUT2D eigenvalue weighted by molar-refractivity contribution is 9.10. The van der Waals surface area contributed by atoms with Gasteiger partial charge in [0.05, 0.1) is 0 Å². The molecule has 0 saturated carbocycles. The molecule has 0 fully saturated rings. The van der Waals surface area contributed by atoms with Crippen molar-refractivity contribution >= 4 is 15.9 Å². The van der Waals surface area contributed by atoms with Gasteiger partial charge in [-0.25, -0.2) is 0 Å². The third-order valence-corrected chi connectivity index (χ3v) is 2.37. The summed E-state index contributed by atoms with van der Waals surface area (Å²) in [6.07, 6.45) is 0.713. The van der Waals surface area contributed by atoms with E-state index in [0.29, 0.717) is 12.3 Å². The lowest BCUT2D eigenvalue weighted by atomic mass is 10.1. The van der Waals surface area contributed by atoms with Gasteiger partial charge in [0.1, 0.15) is 0 Å². The highest BCUT2D eigenvalue weighted by Crippen LogP contribution is 2.12. The van der Waals surface area contributed by atoms with Gasteiger partial charge in [-0.05, 0) is 17.7 Å². The van der Waals surface area contributed by atoms with Crippen molar-refractivity contribution in [3.63, 3.8) is 0 Å². The van der Waals surface area contributed by atoms with Crippen molar-refractivity contribution in [1.29, 1.82) is 0 Å². The lowest BCUT2D eigenvalue weighted by molar-refractivity contribution is 0.388. The van der Waals surface area contributed by atoms with E-state index < -0.39 is 0 Å². The van der Waals surface area contributed by atoms with Crippen LogP contribution in [0.15, 0.2) is 33.3 Å². The molecule has 0 spiro atoms. The van der Waals surface area contributed by atoms with Crippen molar-refractivity contribution in [2.24, 2.45) is 0 Å². The quantitative estimate of drug-likeness (QED) is 0.825. The molecule has 3 nitrogen and oxygen atoms in total. The molecule has 0 saturated heterocycles. The molecule has 1 heterocycles. The first-order valence-electron chi connectivity index (χ1n) is 4.27. The van der Waals surface area contributed by atoms with E-state index in [1.807, 2.05) is 24.3 Å². The highest BCUT2D eigenvalue weighted by atomic mass is 79.9. The third-order valence-electron chi connectivity index (χ3n) is 1.85. The Morgan fingerprint density at radius 1 is 1.29 bits per heavy atom. The van der Waals surface area contributed by atoms with Crippen LogP contribution in [0.1, 0.15) is 17.3 Å². The summed E-state index contributed by atoms with van der Waals surface area (Å²) in [6, 6.07) is 8.08. The predicted molar refractivity (Wildman–Crippen MR) is 56.0 cm³/mol. The van der Waals surface area contributed by atoms with Crippen LogP contribution in [0.3, 0.4) is 0 Å². The van der Waals surface area contributed by atoms with Gasteiger partial charge in [-0.2, -0.15) is 4.98 Å². The molecule has 2 aromatic rings. The highest BCUT2D eigenvalue weighted by Gasteiger charge is 2.02. The number of nitrogens with zero attached hydrogens (tertiary/aromatic N) is 2. The van der Waals surface area contributed by atoms with E-state index in [0.717, 1.165) is 10.3 Å². The molecule has 0 atom stereocenters. The minimum atomic E-state index is 0.608. The van der Waals surface area contributed by atoms with Gasteiger partial charge in [0, 0.05) is 17.8 Å². The Labute approximate surface area is 90.3 Å². The van der Waals surface area contributed by atoms with E-state index in [1.54, 1.807) is 6.92 Å². The van der Waals surface area contributed by atoms with E-state index in [9.17, 15) is 0 Å². The molecule has 1 aromatic heterocycles. The minimum absolute atomic E-state index is 0.608. The summed E-state index contributed by atoms with van der Waals surface area (Å²) in [6.45, 7) is 1.79. The fraction of sp³-hybridized carbons (Fsp3) is 0.200. The van der Waals surface area contributed by atoms with E-state index in [2.05, 4.69) is 26.1 Å². The van der Waals surface area contributed by atoms with Gasteiger partial charge in [0.2, 0.25) is 5.89 Å². The molecule has 0 unspecified atom stereocenters. The molecule has 0 radical (unpaired) electrons. The Morgan fingerprint density at radius 3 is 2.57 bits per heavy atom. The number of benzene rings is 1. The average molecular weight is 253 g/mol. The molecule has 14 heavy (non-hydrogen) atoms. The molecule has 2 rings (SSSR count). The van der Waals surface area contributed by atoms with Crippen LogP contribution in [0.4, 0.5) is 0 Å². The summed E-state index contributed by atoms with van der Waals surface area (Å²) >= 11 is 3.39. The SMILES string of the molecule is Cc1nc(Cc2ccc(Br)cc2)no1. The maximum Gasteiger partial charge on any atom is 0.223 e. The zero-order chi connectivity index (χ0) is 9.97. The van der Waals surface area contributed by atoms with Crippen molar-refractivity contribution in [1.82, 2.24) is 10.1 Å². The summed E-state index contributed by atoms with van der Waals surface area (Å²) in [4.78, 5) is 4.14. The predicted octanol–water partition coefficient (Wildman–Crippen LogP) is 2.73. The Hall–Kier alpha value is -1.16. The summed E-state index contributed by atoms with van der Waals surface area (Å²) in [7, 11) is 0. The van der Waals surface area contributed by atoms with Crippen LogP contribution in [0.5, 0.6) is 0 Å². The van der Waals surface area contributed by atoms with E-state index in [1.165, 1.54) is 5.56 Å². The molecule has 72 valence electrons. The average Bonchev–Trinajstić information content (AvgIpc) is 2.56. The molecule has 1 aromatic carbocycles. The molecule has 0 aliphatic carbocycles. The number of aromatic nitrogens is 2. The van der Waals surface area contributed by atoms with Crippen LogP contribution in [0, 0.1) is 6.92 Å². The first kappa shape index (κ1) is 9.40. The van der Waals surface area contributed by atoms with Gasteiger partial charge in [-0.3, -0.25) is 0 Å². The first-order valence-corrected chi connectivity index (χ1v) is 5.07. The smallest absolute Gasteiger partial charge is 0.223 e. The van der Waals surface area contributed by atoms with Crippen molar-refractivity contribution < 1.29 is 4.52 Å². The fourth-order valence-corrected chi connectivity index (χ4v) is 1.46. The van der Waals surface area contributed by atoms with Gasteiger partial charge in [0.25, 0.3) is 0 Å². The van der Waals surface area contributed by atoms with Gasteiger partial charge >= 0.3 is 0 Å². The van der Waals surface area contributed by atoms with Crippen molar-refractivity contribution in [2.45, 2.75) is 13.3 Å². The molecule has 0 bridgehead atoms. The second kappa shape index (κ2) is 3.92. The van der Waals surface area contributed by atoms with Gasteiger partial charge in [-0.1, -0.05) is 33.2 Å². The lowest BCUT2D eigenvalue weighted by Crippen LogP contribution is -1.90. The molecular formula is C10H9BrN2O. The summed E-state index contributed by atoms with van der Waals surface area (Å²) in [5.74, 6) is 1.34.